The Morgan fingerprint density at radius 1 is 1.74 bits per heavy atom. The number of hydrogen-bond donors (Lipinski definition) is 1. The number of anilines is 1. The van der Waals surface area contributed by atoms with Gasteiger partial charge in [-0.3, -0.25) is 4.79 Å². The Hall–Kier alpha value is -2.62. The number of piperidine rings is 1. The Morgan fingerprint density at radius 3 is 3.39 bits per heavy atom. The van der Waals surface area contributed by atoms with Crippen LogP contribution in [-0.4, -0.2) is 58.4 Å². The number of likely N-dealkylation sites (tertiary alicyclic amines) is 1. The minimum Gasteiger partial charge on any atom is -0.354 e. The number of fused-ring (bicyclic) bond motifs is 1. The third-order valence-electron chi connectivity index (χ3n) is 3.84. The van der Waals surface area contributed by atoms with Crippen LogP contribution >= 0.6 is 0 Å². The van der Waals surface area contributed by atoms with Gasteiger partial charge in [0.2, 0.25) is 0 Å². The first-order valence-corrected chi connectivity index (χ1v) is 7.05. The molecular formula is C16H20N6O. The minimum absolute atomic E-state index is 0.00432. The van der Waals surface area contributed by atoms with Crippen molar-refractivity contribution in [3.8, 4) is 0 Å². The molecule has 23 heavy (non-hydrogen) atoms. The maximum absolute atomic E-state index is 12.3. The second-order valence-corrected chi connectivity index (χ2v) is 5.25. The zero-order valence-corrected chi connectivity index (χ0v) is 12.6. The van der Waals surface area contributed by atoms with Crippen molar-refractivity contribution in [1.82, 2.24) is 19.9 Å². The quantitative estimate of drug-likeness (QED) is 0.872. The normalized spacial score (nSPS) is 32.5. The molecule has 0 bridgehead atoms. The van der Waals surface area contributed by atoms with E-state index >= 15 is 0 Å². The van der Waals surface area contributed by atoms with E-state index < -0.39 is 44.2 Å². The first-order valence-electron chi connectivity index (χ1n) is 10.6. The molecule has 3 heterocycles. The van der Waals surface area contributed by atoms with E-state index in [-0.39, 0.29) is 35.9 Å². The van der Waals surface area contributed by atoms with Gasteiger partial charge in [-0.15, -0.1) is 0 Å². The van der Waals surface area contributed by atoms with Crippen molar-refractivity contribution < 1.29 is 14.4 Å². The van der Waals surface area contributed by atoms with Crippen LogP contribution in [0.3, 0.4) is 0 Å². The average Bonchev–Trinajstić information content (AvgIpc) is 2.97. The molecule has 3 rings (SSSR count). The zero-order valence-electron chi connectivity index (χ0n) is 19.6. The molecule has 0 radical (unpaired) electrons. The minimum atomic E-state index is -2.98. The number of hydrogen-bond acceptors (Lipinski definition) is 4. The highest BCUT2D eigenvalue weighted by Crippen LogP contribution is 2.28. The van der Waals surface area contributed by atoms with Crippen LogP contribution in [0.15, 0.2) is 18.5 Å². The molecule has 120 valence electrons. The Bertz CT molecular complexity index is 1030. The van der Waals surface area contributed by atoms with Gasteiger partial charge in [-0.05, 0) is 18.4 Å². The first kappa shape index (κ1) is 8.87. The van der Waals surface area contributed by atoms with Crippen LogP contribution in [0.2, 0.25) is 0 Å². The highest BCUT2D eigenvalue weighted by atomic mass is 16.2. The molecule has 1 N–H and O–H groups in total. The van der Waals surface area contributed by atoms with E-state index in [1.807, 2.05) is 0 Å². The Balaban J connectivity index is 2.24. The number of aromatic nitrogens is 3. The highest BCUT2D eigenvalue weighted by molar-refractivity contribution is 5.87. The predicted molar refractivity (Wildman–Crippen MR) is 87.9 cm³/mol. The molecule has 0 aliphatic carbocycles. The lowest BCUT2D eigenvalue weighted by Gasteiger charge is -2.41. The third-order valence-corrected chi connectivity index (χ3v) is 3.84. The van der Waals surface area contributed by atoms with Crippen LogP contribution in [0.1, 0.15) is 22.9 Å². The number of aromatic amines is 1. The number of likely N-dealkylation sites (N-methyl/N-ethyl adjacent to an activating group) is 1. The molecule has 1 aliphatic rings. The van der Waals surface area contributed by atoms with Crippen LogP contribution in [0.5, 0.6) is 0 Å². The summed E-state index contributed by atoms with van der Waals surface area (Å²) < 4.78 is 58.1. The summed E-state index contributed by atoms with van der Waals surface area (Å²) in [6.07, 6.45) is 0.749. The molecule has 2 atom stereocenters. The molecule has 0 aromatic carbocycles. The van der Waals surface area contributed by atoms with Gasteiger partial charge in [-0.25, -0.2) is 16.5 Å². The second-order valence-electron chi connectivity index (χ2n) is 5.25. The fourth-order valence-electron chi connectivity index (χ4n) is 2.53. The monoisotopic (exact) mass is 319 g/mol. The summed E-state index contributed by atoms with van der Waals surface area (Å²) in [6, 6.07) is -2.33. The number of nitrogens with one attached hydrogen (secondary N) is 1. The molecule has 2 aromatic heterocycles. The average molecular weight is 319 g/mol. The van der Waals surface area contributed by atoms with Gasteiger partial charge in [-0.2, -0.15) is 0 Å². The maximum Gasteiger partial charge on any atom is 0.302 e. The lowest BCUT2D eigenvalue weighted by Crippen LogP contribution is -2.53. The molecule has 1 fully saturated rings. The smallest absolute Gasteiger partial charge is 0.302 e. The summed E-state index contributed by atoms with van der Waals surface area (Å²) >= 11 is 0. The number of carbonyl (C=O) groups excluding carboxylic acids is 1. The molecule has 0 saturated carbocycles. The molecule has 1 amide bonds. The van der Waals surface area contributed by atoms with Crippen LogP contribution in [0.4, 0.5) is 5.82 Å². The molecule has 1 aliphatic heterocycles. The lowest BCUT2D eigenvalue weighted by atomic mass is 9.92. The fraction of sp³-hybridized carbons (Fsp3) is 0.500. The van der Waals surface area contributed by atoms with E-state index in [1.165, 1.54) is 18.0 Å². The summed E-state index contributed by atoms with van der Waals surface area (Å²) in [5.74, 6) is -2.54. The van der Waals surface area contributed by atoms with Crippen molar-refractivity contribution in [2.45, 2.75) is 19.4 Å². The Morgan fingerprint density at radius 2 is 2.61 bits per heavy atom. The highest BCUT2D eigenvalue weighted by Gasteiger charge is 2.33. The van der Waals surface area contributed by atoms with Crippen LogP contribution in [0.25, 0.3) is 15.9 Å². The van der Waals surface area contributed by atoms with Crippen molar-refractivity contribution in [2.75, 3.05) is 31.5 Å². The SMILES string of the molecule is [2H]c1nc(N(C([2H])([2H])[2H])[C@@]2([2H])CN(C(=O)C[N+]#[C-])CC[C@@]2([2H])C)c2c([2H])c[nH]c2n1. The molecule has 7 heteroatoms. The molecule has 2 aromatic rings. The Labute approximate surface area is 145 Å². The van der Waals surface area contributed by atoms with E-state index in [1.54, 1.807) is 0 Å². The lowest BCUT2D eigenvalue weighted by molar-refractivity contribution is -0.130. The largest absolute Gasteiger partial charge is 0.354 e. The maximum atomic E-state index is 12.3. The number of rotatable bonds is 3. The van der Waals surface area contributed by atoms with E-state index in [0.29, 0.717) is 4.90 Å². The Kier molecular flexibility index (Phi) is 2.41. The van der Waals surface area contributed by atoms with Gasteiger partial charge >= 0.3 is 5.91 Å². The summed E-state index contributed by atoms with van der Waals surface area (Å²) in [5, 5.41) is 0.00848. The molecule has 1 saturated heterocycles. The third kappa shape index (κ3) is 2.84. The molecule has 0 spiro atoms. The summed E-state index contributed by atoms with van der Waals surface area (Å²) in [7, 11) is 0. The van der Waals surface area contributed by atoms with Gasteiger partial charge in [0.05, 0.1) is 14.1 Å². The van der Waals surface area contributed by atoms with Gasteiger partial charge in [0.1, 0.15) is 19.1 Å². The van der Waals surface area contributed by atoms with Gasteiger partial charge in [0, 0.05) is 31.7 Å². The van der Waals surface area contributed by atoms with E-state index in [0.717, 1.165) is 0 Å². The standard InChI is InChI=1S/C16H20N6O/c1-11-5-7-22(14(23)8-17-2)9-13(11)21(3)16-12-4-6-18-15(12)19-10-20-16/h4,6,10-11,13H,5,7-9H2,1,3H3,(H,18,19,20)/t11-,13+/m1/s1/i3D3,4D,10D,11D,13D. The van der Waals surface area contributed by atoms with Crippen molar-refractivity contribution >= 4 is 22.8 Å². The van der Waals surface area contributed by atoms with Gasteiger partial charge in [0.25, 0.3) is 6.54 Å². The van der Waals surface area contributed by atoms with E-state index in [9.17, 15) is 4.79 Å². The van der Waals surface area contributed by atoms with Gasteiger partial charge < -0.3 is 19.6 Å². The molecule has 7 nitrogen and oxygen atoms in total. The first-order chi connectivity index (χ1) is 13.8. The summed E-state index contributed by atoms with van der Waals surface area (Å²) in [4.78, 5) is 27.7. The molecule has 0 unspecified atom stereocenters. The topological polar surface area (TPSA) is 69.5 Å². The summed E-state index contributed by atoms with van der Waals surface area (Å²) in [5.41, 5.74) is 0.0660. The van der Waals surface area contributed by atoms with Gasteiger partial charge in [-0.1, -0.05) is 6.92 Å². The van der Waals surface area contributed by atoms with Crippen molar-refractivity contribution in [2.24, 2.45) is 5.89 Å². The van der Waals surface area contributed by atoms with Crippen LogP contribution < -0.4 is 4.90 Å². The van der Waals surface area contributed by atoms with Crippen molar-refractivity contribution in [1.29, 1.82) is 0 Å². The fourth-order valence-corrected chi connectivity index (χ4v) is 2.53. The number of carbonyl (C=O) groups is 1. The summed E-state index contributed by atoms with van der Waals surface area (Å²) in [6.45, 7) is 4.55. The van der Waals surface area contributed by atoms with Crippen molar-refractivity contribution in [3.63, 3.8) is 0 Å². The van der Waals surface area contributed by atoms with Crippen molar-refractivity contribution in [3.05, 3.63) is 30.0 Å². The number of H-pyrrole nitrogens is 1. The zero-order chi connectivity index (χ0) is 22.5. The van der Waals surface area contributed by atoms with Crippen LogP contribution in [-0.2, 0) is 4.79 Å². The van der Waals surface area contributed by atoms with Crippen LogP contribution in [0, 0.1) is 12.5 Å². The second kappa shape index (κ2) is 6.24. The molecular weight excluding hydrogens is 292 g/mol. The predicted octanol–water partition coefficient (Wildman–Crippen LogP) is 1.55. The van der Waals surface area contributed by atoms with E-state index in [2.05, 4.69) is 19.8 Å². The van der Waals surface area contributed by atoms with Gasteiger partial charge in [0.15, 0.2) is 0 Å². The number of amides is 1. The number of nitrogens with zero attached hydrogens (tertiary/aromatic N) is 5. The van der Waals surface area contributed by atoms with E-state index in [4.69, 9.17) is 16.2 Å².